The van der Waals surface area contributed by atoms with Crippen molar-refractivity contribution in [3.05, 3.63) is 30.2 Å². The van der Waals surface area contributed by atoms with E-state index < -0.39 is 0 Å². The lowest BCUT2D eigenvalue weighted by Gasteiger charge is -2.29. The number of hydrogen-bond donors (Lipinski definition) is 1. The lowest BCUT2D eigenvalue weighted by Crippen LogP contribution is -2.43. The van der Waals surface area contributed by atoms with Gasteiger partial charge in [0.15, 0.2) is 5.65 Å². The van der Waals surface area contributed by atoms with E-state index in [4.69, 9.17) is 5.73 Å². The SMILES string of the molecule is CC(C)(c1cc2ncccn2n1)C1(N)CC1. The summed E-state index contributed by atoms with van der Waals surface area (Å²) in [4.78, 5) is 4.28. The Hall–Kier alpha value is -1.42. The number of nitrogens with two attached hydrogens (primary N) is 1. The maximum Gasteiger partial charge on any atom is 0.155 e. The molecule has 4 nitrogen and oxygen atoms in total. The molecular weight excluding hydrogens is 200 g/mol. The van der Waals surface area contributed by atoms with Crippen LogP contribution in [0.1, 0.15) is 32.4 Å². The standard InChI is InChI=1S/C12H16N4/c1-11(2,12(13)4-5-12)9-8-10-14-6-3-7-16(10)15-9/h3,6-8H,4-5,13H2,1-2H3. The van der Waals surface area contributed by atoms with Gasteiger partial charge in [0.25, 0.3) is 0 Å². The maximum atomic E-state index is 6.31. The molecule has 4 heteroatoms. The summed E-state index contributed by atoms with van der Waals surface area (Å²) in [6.07, 6.45) is 5.86. The van der Waals surface area contributed by atoms with Crippen molar-refractivity contribution >= 4 is 5.65 Å². The summed E-state index contributed by atoms with van der Waals surface area (Å²) < 4.78 is 1.81. The zero-order valence-corrected chi connectivity index (χ0v) is 9.64. The van der Waals surface area contributed by atoms with Crippen LogP contribution in [-0.2, 0) is 5.41 Å². The molecule has 1 saturated carbocycles. The van der Waals surface area contributed by atoms with Crippen molar-refractivity contribution in [3.8, 4) is 0 Å². The van der Waals surface area contributed by atoms with E-state index in [0.717, 1.165) is 24.2 Å². The normalized spacial score (nSPS) is 18.9. The Morgan fingerprint density at radius 2 is 2.19 bits per heavy atom. The first kappa shape index (κ1) is 9.78. The third-order valence-corrected chi connectivity index (χ3v) is 3.91. The topological polar surface area (TPSA) is 56.2 Å². The van der Waals surface area contributed by atoms with Crippen molar-refractivity contribution in [2.45, 2.75) is 37.6 Å². The van der Waals surface area contributed by atoms with E-state index in [0.29, 0.717) is 0 Å². The molecule has 2 aromatic heterocycles. The smallest absolute Gasteiger partial charge is 0.155 e. The first-order chi connectivity index (χ1) is 7.53. The largest absolute Gasteiger partial charge is 0.324 e. The summed E-state index contributed by atoms with van der Waals surface area (Å²) in [6.45, 7) is 4.34. The quantitative estimate of drug-likeness (QED) is 0.827. The van der Waals surface area contributed by atoms with E-state index in [9.17, 15) is 0 Å². The summed E-state index contributed by atoms with van der Waals surface area (Å²) in [7, 11) is 0. The number of hydrogen-bond acceptors (Lipinski definition) is 3. The van der Waals surface area contributed by atoms with E-state index in [2.05, 4.69) is 23.9 Å². The average molecular weight is 216 g/mol. The molecule has 0 atom stereocenters. The highest BCUT2D eigenvalue weighted by Gasteiger charge is 2.53. The van der Waals surface area contributed by atoms with Crippen LogP contribution >= 0.6 is 0 Å². The molecular formula is C12H16N4. The second-order valence-electron chi connectivity index (χ2n) is 5.23. The van der Waals surface area contributed by atoms with Gasteiger partial charge in [0.1, 0.15) is 0 Å². The van der Waals surface area contributed by atoms with Gasteiger partial charge in [0.2, 0.25) is 0 Å². The highest BCUT2D eigenvalue weighted by Crippen LogP contribution is 2.48. The Balaban J connectivity index is 2.12. The van der Waals surface area contributed by atoms with Gasteiger partial charge in [-0.05, 0) is 18.9 Å². The van der Waals surface area contributed by atoms with Gasteiger partial charge in [-0.3, -0.25) is 0 Å². The van der Waals surface area contributed by atoms with E-state index in [-0.39, 0.29) is 11.0 Å². The molecule has 0 aliphatic heterocycles. The van der Waals surface area contributed by atoms with E-state index in [1.54, 1.807) is 6.20 Å². The Morgan fingerprint density at radius 1 is 1.44 bits per heavy atom. The number of rotatable bonds is 2. The van der Waals surface area contributed by atoms with Crippen molar-refractivity contribution in [1.29, 1.82) is 0 Å². The fourth-order valence-electron chi connectivity index (χ4n) is 2.15. The zero-order chi connectivity index (χ0) is 11.4. The van der Waals surface area contributed by atoms with Crippen LogP contribution in [0.3, 0.4) is 0 Å². The van der Waals surface area contributed by atoms with Crippen LogP contribution < -0.4 is 5.73 Å². The number of nitrogens with zero attached hydrogens (tertiary/aromatic N) is 3. The summed E-state index contributed by atoms with van der Waals surface area (Å²) in [5.41, 5.74) is 8.07. The van der Waals surface area contributed by atoms with Gasteiger partial charge in [-0.1, -0.05) is 13.8 Å². The molecule has 2 N–H and O–H groups in total. The van der Waals surface area contributed by atoms with E-state index in [1.807, 2.05) is 22.8 Å². The van der Waals surface area contributed by atoms with Crippen LogP contribution in [0.5, 0.6) is 0 Å². The molecule has 1 aliphatic carbocycles. The van der Waals surface area contributed by atoms with E-state index >= 15 is 0 Å². The number of aromatic nitrogens is 3. The summed E-state index contributed by atoms with van der Waals surface area (Å²) in [5.74, 6) is 0. The average Bonchev–Trinajstić information content (AvgIpc) is 2.87. The third-order valence-electron chi connectivity index (χ3n) is 3.91. The molecule has 0 spiro atoms. The summed E-state index contributed by atoms with van der Waals surface area (Å²) >= 11 is 0. The van der Waals surface area contributed by atoms with Crippen LogP contribution in [0.25, 0.3) is 5.65 Å². The van der Waals surface area contributed by atoms with Gasteiger partial charge >= 0.3 is 0 Å². The molecule has 0 unspecified atom stereocenters. The van der Waals surface area contributed by atoms with Crippen LogP contribution in [0.2, 0.25) is 0 Å². The van der Waals surface area contributed by atoms with Crippen LogP contribution in [0, 0.1) is 0 Å². The predicted octanol–water partition coefficient (Wildman–Crippen LogP) is 1.50. The lowest BCUT2D eigenvalue weighted by molar-refractivity contribution is 0.379. The van der Waals surface area contributed by atoms with Crippen LogP contribution in [-0.4, -0.2) is 20.1 Å². The van der Waals surface area contributed by atoms with Crippen molar-refractivity contribution in [2.24, 2.45) is 5.73 Å². The maximum absolute atomic E-state index is 6.31. The number of fused-ring (bicyclic) bond motifs is 1. The van der Waals surface area contributed by atoms with Crippen molar-refractivity contribution in [1.82, 2.24) is 14.6 Å². The fourth-order valence-corrected chi connectivity index (χ4v) is 2.15. The monoisotopic (exact) mass is 216 g/mol. The summed E-state index contributed by atoms with van der Waals surface area (Å²) in [5, 5.41) is 4.57. The first-order valence-electron chi connectivity index (χ1n) is 5.63. The fraction of sp³-hybridized carbons (Fsp3) is 0.500. The minimum atomic E-state index is -0.0826. The third kappa shape index (κ3) is 1.19. The minimum absolute atomic E-state index is 0.0784. The molecule has 0 amide bonds. The summed E-state index contributed by atoms with van der Waals surface area (Å²) in [6, 6.07) is 3.92. The minimum Gasteiger partial charge on any atom is -0.324 e. The van der Waals surface area contributed by atoms with Crippen molar-refractivity contribution in [2.75, 3.05) is 0 Å². The van der Waals surface area contributed by atoms with E-state index in [1.165, 1.54) is 0 Å². The second kappa shape index (κ2) is 2.83. The van der Waals surface area contributed by atoms with Crippen LogP contribution in [0.4, 0.5) is 0 Å². The van der Waals surface area contributed by atoms with Crippen molar-refractivity contribution in [3.63, 3.8) is 0 Å². The van der Waals surface area contributed by atoms with Gasteiger partial charge < -0.3 is 5.73 Å². The van der Waals surface area contributed by atoms with Crippen LogP contribution in [0.15, 0.2) is 24.5 Å². The molecule has 0 aromatic carbocycles. The lowest BCUT2D eigenvalue weighted by atomic mass is 9.79. The zero-order valence-electron chi connectivity index (χ0n) is 9.64. The van der Waals surface area contributed by atoms with Gasteiger partial charge in [-0.25, -0.2) is 9.50 Å². The molecule has 84 valence electrons. The Bertz CT molecular complexity index is 504. The first-order valence-corrected chi connectivity index (χ1v) is 5.63. The molecule has 16 heavy (non-hydrogen) atoms. The highest BCUT2D eigenvalue weighted by atomic mass is 15.2. The Kier molecular flexibility index (Phi) is 1.73. The van der Waals surface area contributed by atoms with Gasteiger partial charge in [0.05, 0.1) is 5.69 Å². The van der Waals surface area contributed by atoms with Gasteiger partial charge in [0, 0.05) is 29.4 Å². The van der Waals surface area contributed by atoms with Gasteiger partial charge in [-0.15, -0.1) is 0 Å². The molecule has 0 radical (unpaired) electrons. The molecule has 0 bridgehead atoms. The second-order valence-corrected chi connectivity index (χ2v) is 5.23. The molecule has 3 rings (SSSR count). The highest BCUT2D eigenvalue weighted by molar-refractivity contribution is 5.42. The Labute approximate surface area is 94.5 Å². The van der Waals surface area contributed by atoms with Gasteiger partial charge in [-0.2, -0.15) is 5.10 Å². The Morgan fingerprint density at radius 3 is 2.81 bits per heavy atom. The molecule has 1 fully saturated rings. The predicted molar refractivity (Wildman–Crippen MR) is 62.2 cm³/mol. The molecule has 2 aromatic rings. The molecule has 2 heterocycles. The van der Waals surface area contributed by atoms with Crippen molar-refractivity contribution < 1.29 is 0 Å². The molecule has 1 aliphatic rings. The molecule has 0 saturated heterocycles.